The molecule has 0 aliphatic carbocycles. The number of carbonyl (C=O) groups is 2. The third-order valence-corrected chi connectivity index (χ3v) is 6.02. The number of thiophene rings is 1. The maximum atomic E-state index is 12.4. The van der Waals surface area contributed by atoms with Crippen LogP contribution in [0.25, 0.3) is 0 Å². The predicted molar refractivity (Wildman–Crippen MR) is 110 cm³/mol. The van der Waals surface area contributed by atoms with Crippen LogP contribution in [0.15, 0.2) is 41.1 Å². The standard InChI is InChI=1S/C22H28N2O2S/c1-17-2-4-18(5-3-17)6-7-19-9-13-24(14-10-19)21(25)8-12-23-22(26)20-11-15-27-16-20/h2-5,11,15-16,19H,6-10,12-14H2,1H3,(H,23,26). The summed E-state index contributed by atoms with van der Waals surface area (Å²) in [5.74, 6) is 0.755. The van der Waals surface area contributed by atoms with Crippen molar-refractivity contribution in [3.05, 3.63) is 57.8 Å². The topological polar surface area (TPSA) is 49.4 Å². The van der Waals surface area contributed by atoms with E-state index in [2.05, 4.69) is 36.5 Å². The summed E-state index contributed by atoms with van der Waals surface area (Å²) < 4.78 is 0. The Hall–Kier alpha value is -2.14. The van der Waals surface area contributed by atoms with Gasteiger partial charge in [0.25, 0.3) is 5.91 Å². The summed E-state index contributed by atoms with van der Waals surface area (Å²) in [7, 11) is 0. The molecule has 0 spiro atoms. The number of rotatable bonds is 7. The lowest BCUT2D eigenvalue weighted by Crippen LogP contribution is -2.40. The van der Waals surface area contributed by atoms with Crippen molar-refractivity contribution in [1.82, 2.24) is 10.2 Å². The summed E-state index contributed by atoms with van der Waals surface area (Å²) in [5.41, 5.74) is 3.37. The van der Waals surface area contributed by atoms with Gasteiger partial charge in [0.1, 0.15) is 0 Å². The minimum Gasteiger partial charge on any atom is -0.351 e. The van der Waals surface area contributed by atoms with Gasteiger partial charge < -0.3 is 10.2 Å². The van der Waals surface area contributed by atoms with Crippen molar-refractivity contribution in [3.8, 4) is 0 Å². The van der Waals surface area contributed by atoms with Crippen molar-refractivity contribution in [2.75, 3.05) is 19.6 Å². The fourth-order valence-electron chi connectivity index (χ4n) is 3.53. The Morgan fingerprint density at radius 1 is 1.15 bits per heavy atom. The lowest BCUT2D eigenvalue weighted by atomic mass is 9.90. The van der Waals surface area contributed by atoms with Gasteiger partial charge in [-0.25, -0.2) is 0 Å². The lowest BCUT2D eigenvalue weighted by Gasteiger charge is -2.32. The fraction of sp³-hybridized carbons (Fsp3) is 0.455. The second kappa shape index (κ2) is 9.70. The third kappa shape index (κ3) is 5.93. The molecule has 27 heavy (non-hydrogen) atoms. The van der Waals surface area contributed by atoms with Gasteiger partial charge in [-0.3, -0.25) is 9.59 Å². The van der Waals surface area contributed by atoms with Crippen LogP contribution < -0.4 is 5.32 Å². The fourth-order valence-corrected chi connectivity index (χ4v) is 4.17. The van der Waals surface area contributed by atoms with Crippen LogP contribution in [0, 0.1) is 12.8 Å². The molecular weight excluding hydrogens is 356 g/mol. The molecule has 2 aromatic rings. The maximum absolute atomic E-state index is 12.4. The Kier molecular flexibility index (Phi) is 7.04. The molecule has 2 heterocycles. The molecule has 1 saturated heterocycles. The van der Waals surface area contributed by atoms with Gasteiger partial charge in [0.2, 0.25) is 5.91 Å². The maximum Gasteiger partial charge on any atom is 0.252 e. The smallest absolute Gasteiger partial charge is 0.252 e. The van der Waals surface area contributed by atoms with E-state index in [1.165, 1.54) is 28.9 Å². The summed E-state index contributed by atoms with van der Waals surface area (Å²) in [6, 6.07) is 10.6. The second-order valence-corrected chi connectivity index (χ2v) is 8.15. The Morgan fingerprint density at radius 2 is 1.89 bits per heavy atom. The summed E-state index contributed by atoms with van der Waals surface area (Å²) in [6.07, 6.45) is 4.86. The van der Waals surface area contributed by atoms with Crippen LogP contribution in [-0.4, -0.2) is 36.3 Å². The Labute approximate surface area is 165 Å². The van der Waals surface area contributed by atoms with Crippen molar-refractivity contribution >= 4 is 23.2 Å². The number of aryl methyl sites for hydroxylation is 2. The Balaban J connectivity index is 1.32. The summed E-state index contributed by atoms with van der Waals surface area (Å²) in [6.45, 7) is 4.21. The summed E-state index contributed by atoms with van der Waals surface area (Å²) >= 11 is 1.50. The van der Waals surface area contributed by atoms with E-state index in [1.807, 2.05) is 15.7 Å². The van der Waals surface area contributed by atoms with Crippen LogP contribution in [-0.2, 0) is 11.2 Å². The molecule has 0 atom stereocenters. The SMILES string of the molecule is Cc1ccc(CCC2CCN(C(=O)CCNC(=O)c3ccsc3)CC2)cc1. The summed E-state index contributed by atoms with van der Waals surface area (Å²) in [4.78, 5) is 26.2. The monoisotopic (exact) mass is 384 g/mol. The molecule has 1 aliphatic rings. The van der Waals surface area contributed by atoms with E-state index in [9.17, 15) is 9.59 Å². The number of hydrogen-bond donors (Lipinski definition) is 1. The van der Waals surface area contributed by atoms with Crippen LogP contribution in [0.3, 0.4) is 0 Å². The highest BCUT2D eigenvalue weighted by molar-refractivity contribution is 7.08. The average molecular weight is 385 g/mol. The van der Waals surface area contributed by atoms with Crippen molar-refractivity contribution in [2.45, 2.75) is 39.0 Å². The zero-order valence-corrected chi connectivity index (χ0v) is 16.8. The molecule has 1 aromatic heterocycles. The second-order valence-electron chi connectivity index (χ2n) is 7.37. The number of nitrogens with one attached hydrogen (secondary N) is 1. The number of likely N-dealkylation sites (tertiary alicyclic amines) is 1. The molecule has 0 radical (unpaired) electrons. The molecule has 1 fully saturated rings. The van der Waals surface area contributed by atoms with E-state index >= 15 is 0 Å². The number of piperidine rings is 1. The molecule has 5 heteroatoms. The molecule has 0 unspecified atom stereocenters. The van der Waals surface area contributed by atoms with Gasteiger partial charge >= 0.3 is 0 Å². The van der Waals surface area contributed by atoms with Gasteiger partial charge in [-0.05, 0) is 55.5 Å². The average Bonchev–Trinajstić information content (AvgIpc) is 3.23. The van der Waals surface area contributed by atoms with E-state index in [0.717, 1.165) is 32.4 Å². The normalized spacial score (nSPS) is 14.9. The predicted octanol–water partition coefficient (Wildman–Crippen LogP) is 4.05. The van der Waals surface area contributed by atoms with Crippen LogP contribution in [0.4, 0.5) is 0 Å². The van der Waals surface area contributed by atoms with Gasteiger partial charge in [-0.15, -0.1) is 0 Å². The zero-order valence-electron chi connectivity index (χ0n) is 15.9. The van der Waals surface area contributed by atoms with Crippen molar-refractivity contribution < 1.29 is 9.59 Å². The molecule has 0 saturated carbocycles. The van der Waals surface area contributed by atoms with Crippen molar-refractivity contribution in [1.29, 1.82) is 0 Å². The highest BCUT2D eigenvalue weighted by Gasteiger charge is 2.22. The van der Waals surface area contributed by atoms with Crippen LogP contribution >= 0.6 is 11.3 Å². The Morgan fingerprint density at radius 3 is 2.56 bits per heavy atom. The van der Waals surface area contributed by atoms with Gasteiger partial charge in [0, 0.05) is 37.0 Å². The van der Waals surface area contributed by atoms with Gasteiger partial charge in [-0.1, -0.05) is 29.8 Å². The molecule has 4 nitrogen and oxygen atoms in total. The number of nitrogens with zero attached hydrogens (tertiary/aromatic N) is 1. The van der Waals surface area contributed by atoms with Gasteiger partial charge in [0.15, 0.2) is 0 Å². The largest absolute Gasteiger partial charge is 0.351 e. The van der Waals surface area contributed by atoms with Crippen molar-refractivity contribution in [2.24, 2.45) is 5.92 Å². The highest BCUT2D eigenvalue weighted by Crippen LogP contribution is 2.23. The van der Waals surface area contributed by atoms with Gasteiger partial charge in [0.05, 0.1) is 0 Å². The van der Waals surface area contributed by atoms with E-state index in [4.69, 9.17) is 0 Å². The Bertz CT molecular complexity index is 732. The molecule has 1 aromatic carbocycles. The minimum absolute atomic E-state index is 0.0983. The lowest BCUT2D eigenvalue weighted by molar-refractivity contribution is -0.132. The first-order valence-electron chi connectivity index (χ1n) is 9.75. The molecule has 2 amide bonds. The quantitative estimate of drug-likeness (QED) is 0.783. The number of amides is 2. The summed E-state index contributed by atoms with van der Waals surface area (Å²) in [5, 5.41) is 6.52. The number of benzene rings is 1. The van der Waals surface area contributed by atoms with Crippen LogP contribution in [0.5, 0.6) is 0 Å². The van der Waals surface area contributed by atoms with Gasteiger partial charge in [-0.2, -0.15) is 11.3 Å². The molecular formula is C22H28N2O2S. The van der Waals surface area contributed by atoms with E-state index in [-0.39, 0.29) is 11.8 Å². The number of hydrogen-bond acceptors (Lipinski definition) is 3. The third-order valence-electron chi connectivity index (χ3n) is 5.34. The highest BCUT2D eigenvalue weighted by atomic mass is 32.1. The molecule has 3 rings (SSSR count). The van der Waals surface area contributed by atoms with Crippen LogP contribution in [0.2, 0.25) is 0 Å². The first-order valence-corrected chi connectivity index (χ1v) is 10.7. The zero-order chi connectivity index (χ0) is 19.1. The molecule has 1 N–H and O–H groups in total. The molecule has 1 aliphatic heterocycles. The first kappa shape index (κ1) is 19.6. The van der Waals surface area contributed by atoms with E-state index in [0.29, 0.717) is 24.4 Å². The minimum atomic E-state index is -0.0983. The number of carbonyl (C=O) groups excluding carboxylic acids is 2. The van der Waals surface area contributed by atoms with Crippen molar-refractivity contribution in [3.63, 3.8) is 0 Å². The van der Waals surface area contributed by atoms with E-state index < -0.39 is 0 Å². The van der Waals surface area contributed by atoms with E-state index in [1.54, 1.807) is 6.07 Å². The molecule has 144 valence electrons. The molecule has 0 bridgehead atoms. The van der Waals surface area contributed by atoms with Crippen LogP contribution in [0.1, 0.15) is 47.2 Å². The first-order chi connectivity index (χ1) is 13.1.